The van der Waals surface area contributed by atoms with E-state index in [-0.39, 0.29) is 5.57 Å². The fraction of sp³-hybridized carbons (Fsp3) is 0.158. The molecular weight excluding hydrogens is 340 g/mol. The van der Waals surface area contributed by atoms with Crippen LogP contribution in [0.1, 0.15) is 5.56 Å². The molecule has 0 bridgehead atoms. The van der Waals surface area contributed by atoms with Gasteiger partial charge in [-0.25, -0.2) is 8.78 Å². The Hall–Kier alpha value is -3.40. The van der Waals surface area contributed by atoms with Crippen LogP contribution in [-0.2, 0) is 11.2 Å². The second-order valence-corrected chi connectivity index (χ2v) is 5.26. The van der Waals surface area contributed by atoms with E-state index in [4.69, 9.17) is 10.00 Å². The van der Waals surface area contributed by atoms with E-state index in [1.807, 2.05) is 24.3 Å². The number of halogens is 2. The Balaban J connectivity index is 1.92. The molecule has 2 N–H and O–H groups in total. The van der Waals surface area contributed by atoms with E-state index >= 15 is 0 Å². The fourth-order valence-electron chi connectivity index (χ4n) is 2.14. The standard InChI is InChI=1S/C19H17F2N3O2/c1-26-15-7-5-13(6-8-15)9-10-23-19(25)14(11-22)12-24-18-16(20)3-2-4-17(18)21/h2-8,12,24H,9-10H2,1H3,(H,23,25)/b14-12-. The molecule has 2 rings (SSSR count). The molecule has 0 radical (unpaired) electrons. The highest BCUT2D eigenvalue weighted by Crippen LogP contribution is 2.18. The van der Waals surface area contributed by atoms with Crippen molar-refractivity contribution in [2.75, 3.05) is 19.0 Å². The second-order valence-electron chi connectivity index (χ2n) is 5.26. The number of nitrogens with one attached hydrogen (secondary N) is 2. The highest BCUT2D eigenvalue weighted by Gasteiger charge is 2.11. The summed E-state index contributed by atoms with van der Waals surface area (Å²) in [6, 6.07) is 12.4. The van der Waals surface area contributed by atoms with Crippen LogP contribution in [0.3, 0.4) is 0 Å². The maximum atomic E-state index is 13.5. The summed E-state index contributed by atoms with van der Waals surface area (Å²) in [4.78, 5) is 12.0. The zero-order valence-electron chi connectivity index (χ0n) is 14.1. The van der Waals surface area contributed by atoms with Crippen molar-refractivity contribution < 1.29 is 18.3 Å². The largest absolute Gasteiger partial charge is 0.497 e. The van der Waals surface area contributed by atoms with Crippen LogP contribution in [0.5, 0.6) is 5.75 Å². The molecule has 0 saturated carbocycles. The lowest BCUT2D eigenvalue weighted by Crippen LogP contribution is -2.27. The monoisotopic (exact) mass is 357 g/mol. The van der Waals surface area contributed by atoms with Crippen LogP contribution in [0.2, 0.25) is 0 Å². The number of nitrogens with zero attached hydrogens (tertiary/aromatic N) is 1. The maximum Gasteiger partial charge on any atom is 0.263 e. The Labute approximate surface area is 149 Å². The first-order valence-electron chi connectivity index (χ1n) is 7.77. The molecular formula is C19H17F2N3O2. The Morgan fingerprint density at radius 3 is 2.42 bits per heavy atom. The SMILES string of the molecule is COc1ccc(CCNC(=O)/C(C#N)=C\Nc2c(F)cccc2F)cc1. The van der Waals surface area contributed by atoms with E-state index in [1.54, 1.807) is 13.2 Å². The molecule has 26 heavy (non-hydrogen) atoms. The molecule has 1 amide bonds. The minimum Gasteiger partial charge on any atom is -0.497 e. The highest BCUT2D eigenvalue weighted by molar-refractivity contribution is 5.97. The Bertz CT molecular complexity index is 823. The number of hydrogen-bond acceptors (Lipinski definition) is 4. The van der Waals surface area contributed by atoms with E-state index in [1.165, 1.54) is 6.07 Å². The van der Waals surface area contributed by atoms with Gasteiger partial charge in [-0.1, -0.05) is 18.2 Å². The van der Waals surface area contributed by atoms with Gasteiger partial charge in [-0.05, 0) is 36.2 Å². The van der Waals surface area contributed by atoms with Gasteiger partial charge < -0.3 is 15.4 Å². The van der Waals surface area contributed by atoms with Gasteiger partial charge in [-0.3, -0.25) is 4.79 Å². The molecule has 0 aromatic heterocycles. The van der Waals surface area contributed by atoms with Crippen LogP contribution >= 0.6 is 0 Å². The van der Waals surface area contributed by atoms with Gasteiger partial charge in [0.2, 0.25) is 0 Å². The quantitative estimate of drug-likeness (QED) is 0.590. The number of amides is 1. The van der Waals surface area contributed by atoms with E-state index in [2.05, 4.69) is 10.6 Å². The smallest absolute Gasteiger partial charge is 0.263 e. The Kier molecular flexibility index (Phi) is 6.68. The molecule has 134 valence electrons. The van der Waals surface area contributed by atoms with Crippen molar-refractivity contribution in [2.45, 2.75) is 6.42 Å². The van der Waals surface area contributed by atoms with Crippen LogP contribution in [0.15, 0.2) is 54.2 Å². The number of para-hydroxylation sites is 1. The second kappa shape index (κ2) is 9.18. The summed E-state index contributed by atoms with van der Waals surface area (Å²) in [5.74, 6) is -1.54. The predicted octanol–water partition coefficient (Wildman–Crippen LogP) is 3.15. The van der Waals surface area contributed by atoms with Gasteiger partial charge in [0.05, 0.1) is 7.11 Å². The number of carbonyl (C=O) groups is 1. The van der Waals surface area contributed by atoms with Crippen LogP contribution in [0, 0.1) is 23.0 Å². The van der Waals surface area contributed by atoms with E-state index < -0.39 is 23.2 Å². The molecule has 0 aliphatic carbocycles. The molecule has 7 heteroatoms. The molecule has 0 saturated heterocycles. The van der Waals surface area contributed by atoms with E-state index in [9.17, 15) is 13.6 Å². The topological polar surface area (TPSA) is 74.1 Å². The van der Waals surface area contributed by atoms with Crippen LogP contribution in [-0.4, -0.2) is 19.6 Å². The molecule has 0 heterocycles. The average Bonchev–Trinajstić information content (AvgIpc) is 2.65. The number of anilines is 1. The third kappa shape index (κ3) is 5.05. The lowest BCUT2D eigenvalue weighted by molar-refractivity contribution is -0.117. The van der Waals surface area contributed by atoms with Gasteiger partial charge in [0.25, 0.3) is 5.91 Å². The minimum absolute atomic E-state index is 0.289. The van der Waals surface area contributed by atoms with Crippen molar-refractivity contribution in [3.8, 4) is 11.8 Å². The normalized spacial score (nSPS) is 10.8. The van der Waals surface area contributed by atoms with Gasteiger partial charge in [-0.2, -0.15) is 5.26 Å². The van der Waals surface area contributed by atoms with Crippen LogP contribution in [0.4, 0.5) is 14.5 Å². The van der Waals surface area contributed by atoms with Crippen LogP contribution < -0.4 is 15.4 Å². The lowest BCUT2D eigenvalue weighted by Gasteiger charge is -2.07. The van der Waals surface area contributed by atoms with Crippen molar-refractivity contribution in [3.05, 3.63) is 71.4 Å². The summed E-state index contributed by atoms with van der Waals surface area (Å²) in [5.41, 5.74) is 0.272. The summed E-state index contributed by atoms with van der Waals surface area (Å²) in [6.07, 6.45) is 1.54. The predicted molar refractivity (Wildman–Crippen MR) is 93.4 cm³/mol. The Morgan fingerprint density at radius 1 is 1.19 bits per heavy atom. The third-order valence-corrected chi connectivity index (χ3v) is 3.55. The van der Waals surface area contributed by atoms with Crippen molar-refractivity contribution in [1.29, 1.82) is 5.26 Å². The zero-order valence-corrected chi connectivity index (χ0v) is 14.1. The van der Waals surface area contributed by atoms with Gasteiger partial charge in [0.1, 0.15) is 34.7 Å². The zero-order chi connectivity index (χ0) is 18.9. The summed E-state index contributed by atoms with van der Waals surface area (Å²) >= 11 is 0. The van der Waals surface area contributed by atoms with Gasteiger partial charge in [-0.15, -0.1) is 0 Å². The van der Waals surface area contributed by atoms with Gasteiger partial charge >= 0.3 is 0 Å². The number of nitriles is 1. The number of carbonyl (C=O) groups excluding carboxylic acids is 1. The van der Waals surface area contributed by atoms with Gasteiger partial charge in [0, 0.05) is 12.7 Å². The number of hydrogen-bond donors (Lipinski definition) is 2. The first-order chi connectivity index (χ1) is 12.5. The highest BCUT2D eigenvalue weighted by atomic mass is 19.1. The van der Waals surface area contributed by atoms with Crippen molar-refractivity contribution in [1.82, 2.24) is 5.32 Å². The summed E-state index contributed by atoms with van der Waals surface area (Å²) in [7, 11) is 1.58. The van der Waals surface area contributed by atoms with Crippen molar-refractivity contribution in [3.63, 3.8) is 0 Å². The molecule has 0 aliphatic heterocycles. The molecule has 0 fully saturated rings. The third-order valence-electron chi connectivity index (χ3n) is 3.55. The average molecular weight is 357 g/mol. The lowest BCUT2D eigenvalue weighted by atomic mass is 10.1. The van der Waals surface area contributed by atoms with Crippen molar-refractivity contribution in [2.24, 2.45) is 0 Å². The number of benzene rings is 2. The van der Waals surface area contributed by atoms with E-state index in [0.717, 1.165) is 29.6 Å². The molecule has 2 aromatic carbocycles. The van der Waals surface area contributed by atoms with Gasteiger partial charge in [0.15, 0.2) is 0 Å². The molecule has 2 aromatic rings. The Morgan fingerprint density at radius 2 is 1.85 bits per heavy atom. The number of methoxy groups -OCH3 is 1. The van der Waals surface area contributed by atoms with Crippen LogP contribution in [0.25, 0.3) is 0 Å². The first kappa shape index (κ1) is 18.9. The molecule has 0 aliphatic rings. The first-order valence-corrected chi connectivity index (χ1v) is 7.77. The number of ether oxygens (including phenoxy) is 1. The van der Waals surface area contributed by atoms with Crippen molar-refractivity contribution >= 4 is 11.6 Å². The fourth-order valence-corrected chi connectivity index (χ4v) is 2.14. The number of rotatable bonds is 7. The summed E-state index contributed by atoms with van der Waals surface area (Å²) in [6.45, 7) is 0.304. The summed E-state index contributed by atoms with van der Waals surface area (Å²) < 4.78 is 32.1. The molecule has 0 unspecified atom stereocenters. The molecule has 0 atom stereocenters. The molecule has 0 spiro atoms. The summed E-state index contributed by atoms with van der Waals surface area (Å²) in [5, 5.41) is 14.0. The minimum atomic E-state index is -0.821. The van der Waals surface area contributed by atoms with E-state index in [0.29, 0.717) is 13.0 Å². The maximum absolute atomic E-state index is 13.5. The molecule has 5 nitrogen and oxygen atoms in total.